The number of alkyl halides is 2. The largest absolute Gasteiger partial charge is 0.454 e. The number of ether oxygens (including phenoxy) is 2. The van der Waals surface area contributed by atoms with Crippen LogP contribution in [0.3, 0.4) is 0 Å². The van der Waals surface area contributed by atoms with Crippen LogP contribution in [-0.4, -0.2) is 19.8 Å². The Labute approximate surface area is 99.9 Å². The second-order valence-corrected chi connectivity index (χ2v) is 4.19. The molecule has 0 aliphatic carbocycles. The van der Waals surface area contributed by atoms with Gasteiger partial charge in [-0.2, -0.15) is 0 Å². The Morgan fingerprint density at radius 2 is 2.19 bits per heavy atom. The molecule has 0 radical (unpaired) electrons. The highest BCUT2D eigenvalue weighted by Gasteiger charge is 2.17. The summed E-state index contributed by atoms with van der Waals surface area (Å²) in [6.45, 7) is 0.257. The van der Waals surface area contributed by atoms with Crippen molar-refractivity contribution in [3.63, 3.8) is 0 Å². The molecule has 1 aliphatic rings. The van der Waals surface area contributed by atoms with Crippen LogP contribution in [0.1, 0.15) is 5.56 Å². The maximum Gasteiger partial charge on any atom is 0.250 e. The van der Waals surface area contributed by atoms with Crippen molar-refractivity contribution in [2.75, 3.05) is 13.3 Å². The van der Waals surface area contributed by atoms with Crippen LogP contribution < -0.4 is 14.8 Å². The van der Waals surface area contributed by atoms with Gasteiger partial charge in [0.2, 0.25) is 6.79 Å². The zero-order valence-corrected chi connectivity index (χ0v) is 9.89. The van der Waals surface area contributed by atoms with Crippen molar-refractivity contribution in [3.8, 4) is 11.5 Å². The van der Waals surface area contributed by atoms with Gasteiger partial charge in [-0.1, -0.05) is 0 Å². The minimum atomic E-state index is -2.34. The molecular weight excluding hydrogens is 284 g/mol. The Hall–Kier alpha value is -0.880. The van der Waals surface area contributed by atoms with Crippen molar-refractivity contribution in [2.24, 2.45) is 0 Å². The van der Waals surface area contributed by atoms with Gasteiger partial charge >= 0.3 is 0 Å². The molecule has 0 amide bonds. The summed E-state index contributed by atoms with van der Waals surface area (Å²) in [4.78, 5) is 0. The zero-order chi connectivity index (χ0) is 11.5. The van der Waals surface area contributed by atoms with Gasteiger partial charge in [-0.15, -0.1) is 0 Å². The molecule has 1 heterocycles. The summed E-state index contributed by atoms with van der Waals surface area (Å²) >= 11 is 3.34. The fraction of sp³-hybridized carbons (Fsp3) is 0.400. The van der Waals surface area contributed by atoms with Gasteiger partial charge in [-0.3, -0.25) is 0 Å². The predicted octanol–water partition coefficient (Wildman–Crippen LogP) is 2.53. The number of halogens is 3. The molecule has 1 aromatic carbocycles. The number of benzene rings is 1. The van der Waals surface area contributed by atoms with Crippen molar-refractivity contribution in [2.45, 2.75) is 13.0 Å². The SMILES string of the molecule is FC(F)CNCc1cc(Br)c2c(c1)OCO2. The monoisotopic (exact) mass is 293 g/mol. The molecule has 0 unspecified atom stereocenters. The molecule has 6 heteroatoms. The van der Waals surface area contributed by atoms with Crippen molar-refractivity contribution >= 4 is 15.9 Å². The number of rotatable bonds is 4. The van der Waals surface area contributed by atoms with E-state index in [1.807, 2.05) is 6.07 Å². The Balaban J connectivity index is 2.03. The molecular formula is C10H10BrF2NO2. The van der Waals surface area contributed by atoms with E-state index in [9.17, 15) is 8.78 Å². The van der Waals surface area contributed by atoms with Crippen LogP contribution in [0.25, 0.3) is 0 Å². The second-order valence-electron chi connectivity index (χ2n) is 3.33. The molecule has 0 saturated carbocycles. The van der Waals surface area contributed by atoms with Gasteiger partial charge in [0.25, 0.3) is 6.43 Å². The molecule has 0 atom stereocenters. The minimum Gasteiger partial charge on any atom is -0.454 e. The fourth-order valence-electron chi connectivity index (χ4n) is 1.45. The average Bonchev–Trinajstić information content (AvgIpc) is 2.65. The van der Waals surface area contributed by atoms with Crippen LogP contribution in [-0.2, 0) is 6.54 Å². The average molecular weight is 294 g/mol. The standard InChI is InChI=1S/C10H10BrF2NO2/c11-7-1-6(3-14-4-9(12)13)2-8-10(7)16-5-15-8/h1-2,9,14H,3-5H2. The highest BCUT2D eigenvalue weighted by molar-refractivity contribution is 9.10. The van der Waals surface area contributed by atoms with Crippen molar-refractivity contribution in [1.29, 1.82) is 0 Å². The lowest BCUT2D eigenvalue weighted by Gasteiger charge is -2.06. The third-order valence-electron chi connectivity index (χ3n) is 2.11. The summed E-state index contributed by atoms with van der Waals surface area (Å²) in [6, 6.07) is 3.61. The number of fused-ring (bicyclic) bond motifs is 1. The van der Waals surface area contributed by atoms with E-state index < -0.39 is 6.43 Å². The van der Waals surface area contributed by atoms with Crippen molar-refractivity contribution < 1.29 is 18.3 Å². The van der Waals surface area contributed by atoms with Crippen LogP contribution in [0, 0.1) is 0 Å². The molecule has 0 spiro atoms. The first-order valence-electron chi connectivity index (χ1n) is 4.73. The van der Waals surface area contributed by atoms with E-state index in [4.69, 9.17) is 9.47 Å². The molecule has 88 valence electrons. The van der Waals surface area contributed by atoms with Crippen molar-refractivity contribution in [3.05, 3.63) is 22.2 Å². The molecule has 0 bridgehead atoms. The Morgan fingerprint density at radius 3 is 2.94 bits per heavy atom. The summed E-state index contributed by atoms with van der Waals surface area (Å²) < 4.78 is 35.1. The van der Waals surface area contributed by atoms with Gasteiger partial charge in [0.05, 0.1) is 11.0 Å². The molecule has 0 saturated heterocycles. The minimum absolute atomic E-state index is 0.196. The molecule has 0 fully saturated rings. The van der Waals surface area contributed by atoms with Crippen LogP contribution in [0.15, 0.2) is 16.6 Å². The second kappa shape index (κ2) is 4.97. The van der Waals surface area contributed by atoms with Gasteiger partial charge in [-0.25, -0.2) is 8.78 Å². The van der Waals surface area contributed by atoms with Crippen LogP contribution in [0.5, 0.6) is 11.5 Å². The van der Waals surface area contributed by atoms with Gasteiger partial charge in [-0.05, 0) is 33.6 Å². The third kappa shape index (κ3) is 2.62. The normalized spacial score (nSPS) is 13.5. The van der Waals surface area contributed by atoms with Crippen LogP contribution in [0.4, 0.5) is 8.78 Å². The van der Waals surface area contributed by atoms with Gasteiger partial charge in [0, 0.05) is 6.54 Å². The maximum absolute atomic E-state index is 11.9. The van der Waals surface area contributed by atoms with E-state index in [2.05, 4.69) is 21.2 Å². The maximum atomic E-state index is 11.9. The smallest absolute Gasteiger partial charge is 0.250 e. The highest BCUT2D eigenvalue weighted by atomic mass is 79.9. The Kier molecular flexibility index (Phi) is 3.60. The van der Waals surface area contributed by atoms with Gasteiger partial charge in [0.1, 0.15) is 0 Å². The lowest BCUT2D eigenvalue weighted by molar-refractivity contribution is 0.145. The number of hydrogen-bond donors (Lipinski definition) is 1. The summed E-state index contributed by atoms with van der Waals surface area (Å²) in [7, 11) is 0. The number of nitrogens with one attached hydrogen (secondary N) is 1. The fourth-order valence-corrected chi connectivity index (χ4v) is 2.05. The van der Waals surface area contributed by atoms with E-state index in [1.54, 1.807) is 6.07 Å². The van der Waals surface area contributed by atoms with Crippen LogP contribution in [0.2, 0.25) is 0 Å². The lowest BCUT2D eigenvalue weighted by Crippen LogP contribution is -2.20. The summed E-state index contributed by atoms with van der Waals surface area (Å²) in [5.41, 5.74) is 0.872. The number of hydrogen-bond acceptors (Lipinski definition) is 3. The first-order valence-corrected chi connectivity index (χ1v) is 5.53. The summed E-state index contributed by atoms with van der Waals surface area (Å²) in [5.74, 6) is 1.31. The van der Waals surface area contributed by atoms with E-state index in [0.717, 1.165) is 10.0 Å². The zero-order valence-electron chi connectivity index (χ0n) is 8.30. The summed E-state index contributed by atoms with van der Waals surface area (Å²) in [5, 5.41) is 2.65. The van der Waals surface area contributed by atoms with Gasteiger partial charge < -0.3 is 14.8 Å². The summed E-state index contributed by atoms with van der Waals surface area (Å²) in [6.07, 6.45) is -2.34. The van der Waals surface area contributed by atoms with Crippen LogP contribution >= 0.6 is 15.9 Å². The molecule has 0 aromatic heterocycles. The van der Waals surface area contributed by atoms with E-state index in [-0.39, 0.29) is 13.3 Å². The first-order chi connectivity index (χ1) is 7.66. The third-order valence-corrected chi connectivity index (χ3v) is 2.70. The van der Waals surface area contributed by atoms with Gasteiger partial charge in [0.15, 0.2) is 11.5 Å². The quantitative estimate of drug-likeness (QED) is 0.925. The van der Waals surface area contributed by atoms with Crippen molar-refractivity contribution in [1.82, 2.24) is 5.32 Å². The Morgan fingerprint density at radius 1 is 1.38 bits per heavy atom. The molecule has 1 N–H and O–H groups in total. The molecule has 1 aliphatic heterocycles. The highest BCUT2D eigenvalue weighted by Crippen LogP contribution is 2.39. The topological polar surface area (TPSA) is 30.5 Å². The first kappa shape index (κ1) is 11.6. The molecule has 3 nitrogen and oxygen atoms in total. The molecule has 1 aromatic rings. The predicted molar refractivity (Wildman–Crippen MR) is 58.0 cm³/mol. The lowest BCUT2D eigenvalue weighted by atomic mass is 10.2. The van der Waals surface area contributed by atoms with E-state index in [0.29, 0.717) is 18.0 Å². The molecule has 2 rings (SSSR count). The Bertz CT molecular complexity index is 387. The van der Waals surface area contributed by atoms with E-state index in [1.165, 1.54) is 0 Å². The molecule has 16 heavy (non-hydrogen) atoms. The van der Waals surface area contributed by atoms with E-state index >= 15 is 0 Å².